The van der Waals surface area contributed by atoms with Gasteiger partial charge in [0.15, 0.2) is 5.82 Å². The predicted molar refractivity (Wildman–Crippen MR) is 156 cm³/mol. The summed E-state index contributed by atoms with van der Waals surface area (Å²) in [4.78, 5) is 35.1. The van der Waals surface area contributed by atoms with Crippen molar-refractivity contribution in [2.45, 2.75) is 31.3 Å². The van der Waals surface area contributed by atoms with Crippen LogP contribution in [0.5, 0.6) is 11.5 Å². The van der Waals surface area contributed by atoms with Crippen LogP contribution in [0.3, 0.4) is 0 Å². The van der Waals surface area contributed by atoms with Gasteiger partial charge in [-0.15, -0.1) is 0 Å². The summed E-state index contributed by atoms with van der Waals surface area (Å²) in [6.45, 7) is 0.412. The van der Waals surface area contributed by atoms with Gasteiger partial charge in [0.1, 0.15) is 18.1 Å². The third-order valence-corrected chi connectivity index (χ3v) is 7.90. The number of nitrogens with one attached hydrogen (secondary N) is 2. The van der Waals surface area contributed by atoms with Crippen LogP contribution >= 0.6 is 11.6 Å². The molecule has 1 aliphatic carbocycles. The quantitative estimate of drug-likeness (QED) is 0.253. The Balaban J connectivity index is 1.19. The number of carbonyl (C=O) groups is 1. The minimum atomic E-state index is -0.331. The molecule has 5 aromatic rings. The molecule has 0 atom stereocenters. The van der Waals surface area contributed by atoms with Crippen molar-refractivity contribution in [2.24, 2.45) is 0 Å². The highest BCUT2D eigenvalue weighted by atomic mass is 35.5. The van der Waals surface area contributed by atoms with Crippen LogP contribution in [0.25, 0.3) is 17.2 Å². The minimum absolute atomic E-state index is 0.0480. The maximum atomic E-state index is 13.4. The minimum Gasteiger partial charge on any atom is -0.497 e. The number of H-pyrrole nitrogens is 1. The lowest BCUT2D eigenvalue weighted by Crippen LogP contribution is -2.45. The fourth-order valence-electron chi connectivity index (χ4n) is 5.18. The number of rotatable bonds is 9. The van der Waals surface area contributed by atoms with E-state index in [4.69, 9.17) is 21.1 Å². The monoisotopic (exact) mass is 569 g/mol. The van der Waals surface area contributed by atoms with E-state index in [0.717, 1.165) is 36.1 Å². The van der Waals surface area contributed by atoms with Gasteiger partial charge in [-0.1, -0.05) is 66.6 Å². The molecule has 10 heteroatoms. The molecule has 0 bridgehead atoms. The Morgan fingerprint density at radius 3 is 2.61 bits per heavy atom. The van der Waals surface area contributed by atoms with E-state index in [1.807, 2.05) is 48.5 Å². The third kappa shape index (κ3) is 5.28. The van der Waals surface area contributed by atoms with Gasteiger partial charge in [-0.2, -0.15) is 9.50 Å². The van der Waals surface area contributed by atoms with Crippen LogP contribution in [0.2, 0.25) is 5.02 Å². The summed E-state index contributed by atoms with van der Waals surface area (Å²) in [7, 11) is 1.65. The lowest BCUT2D eigenvalue weighted by Gasteiger charge is -2.42. The van der Waals surface area contributed by atoms with Gasteiger partial charge >= 0.3 is 0 Å². The van der Waals surface area contributed by atoms with Crippen LogP contribution in [0.4, 0.5) is 0 Å². The lowest BCUT2D eigenvalue weighted by atomic mass is 9.64. The van der Waals surface area contributed by atoms with Crippen LogP contribution in [0.15, 0.2) is 83.7 Å². The Labute approximate surface area is 241 Å². The average molecular weight is 570 g/mol. The van der Waals surface area contributed by atoms with Gasteiger partial charge in [0.25, 0.3) is 17.2 Å². The first-order valence-electron chi connectivity index (χ1n) is 13.3. The van der Waals surface area contributed by atoms with Gasteiger partial charge in [-0.05, 0) is 42.7 Å². The van der Waals surface area contributed by atoms with E-state index in [9.17, 15) is 9.59 Å². The van der Waals surface area contributed by atoms with Crippen LogP contribution < -0.4 is 20.3 Å². The van der Waals surface area contributed by atoms with E-state index in [1.165, 1.54) is 10.6 Å². The Bertz CT molecular complexity index is 1780. The molecule has 1 aliphatic rings. The van der Waals surface area contributed by atoms with E-state index in [1.54, 1.807) is 25.3 Å². The van der Waals surface area contributed by atoms with Crippen LogP contribution in [0, 0.1) is 0 Å². The molecule has 6 rings (SSSR count). The Kier molecular flexibility index (Phi) is 7.19. The van der Waals surface area contributed by atoms with E-state index >= 15 is 0 Å². The standard InChI is InChI=1S/C31H28ClN5O4/c1-40-23-11-5-10-21(16-23)31(14-7-15-31)19-33-29(39)27-24(32)12-6-13-25(27)41-18-22-17-26(38)37-30(34-22)35-28(36-37)20-8-3-2-4-9-20/h2-6,8-13,16-17H,7,14-15,18-19H2,1H3,(H,33,39)(H,34,35,36). The number of benzene rings is 3. The fraction of sp³-hybridized carbons (Fsp3) is 0.226. The second-order valence-electron chi connectivity index (χ2n) is 10.1. The third-order valence-electron chi connectivity index (χ3n) is 7.59. The van der Waals surface area contributed by atoms with Gasteiger partial charge in [-0.25, -0.2) is 4.98 Å². The van der Waals surface area contributed by atoms with Gasteiger partial charge in [0, 0.05) is 23.6 Å². The molecule has 41 heavy (non-hydrogen) atoms. The number of amides is 1. The summed E-state index contributed by atoms with van der Waals surface area (Å²) in [5.41, 5.74) is 2.10. The summed E-state index contributed by atoms with van der Waals surface area (Å²) in [5.74, 6) is 1.51. The highest BCUT2D eigenvalue weighted by molar-refractivity contribution is 6.34. The van der Waals surface area contributed by atoms with Crippen LogP contribution in [-0.2, 0) is 12.0 Å². The summed E-state index contributed by atoms with van der Waals surface area (Å²) in [5, 5.41) is 6.33. The number of nitrogens with zero attached hydrogens (tertiary/aromatic N) is 3. The molecule has 0 spiro atoms. The smallest absolute Gasteiger partial charge is 0.274 e. The number of hydrogen-bond donors (Lipinski definition) is 2. The second-order valence-corrected chi connectivity index (χ2v) is 10.5. The van der Waals surface area contributed by atoms with Crippen molar-refractivity contribution in [1.29, 1.82) is 0 Å². The van der Waals surface area contributed by atoms with E-state index in [-0.39, 0.29) is 39.9 Å². The van der Waals surface area contributed by atoms with Crippen molar-refractivity contribution in [3.05, 3.63) is 111 Å². The Hall–Kier alpha value is -4.63. The molecule has 1 amide bonds. The number of aromatic nitrogens is 4. The van der Waals surface area contributed by atoms with Crippen molar-refractivity contribution in [1.82, 2.24) is 24.9 Å². The molecule has 1 saturated carbocycles. The summed E-state index contributed by atoms with van der Waals surface area (Å²) in [6.07, 6.45) is 3.03. The van der Waals surface area contributed by atoms with Gasteiger partial charge in [0.05, 0.1) is 23.4 Å². The summed E-state index contributed by atoms with van der Waals surface area (Å²) < 4.78 is 12.7. The van der Waals surface area contributed by atoms with E-state index < -0.39 is 0 Å². The zero-order chi connectivity index (χ0) is 28.4. The number of fused-ring (bicyclic) bond motifs is 1. The Morgan fingerprint density at radius 2 is 1.85 bits per heavy atom. The van der Waals surface area contributed by atoms with Crippen molar-refractivity contribution < 1.29 is 14.3 Å². The number of hydrogen-bond acceptors (Lipinski definition) is 6. The van der Waals surface area contributed by atoms with Gasteiger partial charge < -0.3 is 14.8 Å². The first-order chi connectivity index (χ1) is 20.0. The first-order valence-corrected chi connectivity index (χ1v) is 13.7. The molecule has 2 aromatic heterocycles. The molecule has 1 fully saturated rings. The van der Waals surface area contributed by atoms with Crippen molar-refractivity contribution in [3.63, 3.8) is 0 Å². The molecule has 2 heterocycles. The van der Waals surface area contributed by atoms with Crippen LogP contribution in [0.1, 0.15) is 40.9 Å². The normalized spacial score (nSPS) is 13.9. The predicted octanol–water partition coefficient (Wildman–Crippen LogP) is 5.18. The SMILES string of the molecule is COc1cccc(C2(CNC(=O)c3c(Cl)cccc3OCc3cc(=O)n4[nH]c(-c5ccccc5)nc4n3)CCC2)c1. The number of methoxy groups -OCH3 is 1. The fourth-order valence-corrected chi connectivity index (χ4v) is 5.44. The summed E-state index contributed by atoms with van der Waals surface area (Å²) >= 11 is 6.48. The van der Waals surface area contributed by atoms with Gasteiger partial charge in [0.2, 0.25) is 0 Å². The zero-order valence-corrected chi connectivity index (χ0v) is 23.1. The number of carbonyl (C=O) groups excluding carboxylic acids is 1. The molecular weight excluding hydrogens is 542 g/mol. The highest BCUT2D eigenvalue weighted by Gasteiger charge is 2.39. The molecule has 0 aliphatic heterocycles. The maximum Gasteiger partial charge on any atom is 0.274 e. The van der Waals surface area contributed by atoms with Crippen molar-refractivity contribution in [3.8, 4) is 22.9 Å². The molecule has 9 nitrogen and oxygen atoms in total. The molecule has 0 saturated heterocycles. The van der Waals surface area contributed by atoms with Gasteiger partial charge in [-0.3, -0.25) is 14.7 Å². The van der Waals surface area contributed by atoms with Crippen LogP contribution in [-0.4, -0.2) is 39.1 Å². The van der Waals surface area contributed by atoms with Crippen molar-refractivity contribution >= 4 is 23.3 Å². The van der Waals surface area contributed by atoms with E-state index in [0.29, 0.717) is 23.8 Å². The van der Waals surface area contributed by atoms with Crippen molar-refractivity contribution in [2.75, 3.05) is 13.7 Å². The lowest BCUT2D eigenvalue weighted by molar-refractivity contribution is 0.0923. The average Bonchev–Trinajstić information content (AvgIpc) is 3.41. The zero-order valence-electron chi connectivity index (χ0n) is 22.4. The number of halogens is 1. The molecule has 0 radical (unpaired) electrons. The number of ether oxygens (including phenoxy) is 2. The first kappa shape index (κ1) is 26.6. The topological polar surface area (TPSA) is 111 Å². The Morgan fingerprint density at radius 1 is 1.05 bits per heavy atom. The van der Waals surface area contributed by atoms with E-state index in [2.05, 4.69) is 26.4 Å². The summed E-state index contributed by atoms with van der Waals surface area (Å²) in [6, 6.07) is 23.9. The largest absolute Gasteiger partial charge is 0.497 e. The second kappa shape index (κ2) is 11.1. The maximum absolute atomic E-state index is 13.4. The molecular formula is C31H28ClN5O4. The molecule has 208 valence electrons. The molecule has 2 N–H and O–H groups in total. The highest BCUT2D eigenvalue weighted by Crippen LogP contribution is 2.44. The molecule has 0 unspecified atom stereocenters. The number of aromatic amines is 1. The molecule has 3 aromatic carbocycles.